The Hall–Kier alpha value is -2.96. The van der Waals surface area contributed by atoms with Gasteiger partial charge >= 0.3 is 0 Å². The quantitative estimate of drug-likeness (QED) is 0.542. The highest BCUT2D eigenvalue weighted by Gasteiger charge is 2.08. The average molecular weight is 266 g/mol. The van der Waals surface area contributed by atoms with Gasteiger partial charge in [-0.05, 0) is 24.6 Å². The number of aryl methyl sites for hydroxylation is 1. The number of nitrogens with one attached hydrogen (secondary N) is 2. The number of fused-ring (bicyclic) bond motifs is 2. The van der Waals surface area contributed by atoms with E-state index in [2.05, 4.69) is 25.3 Å². The summed E-state index contributed by atoms with van der Waals surface area (Å²) < 4.78 is 1.26. The first-order chi connectivity index (χ1) is 9.70. The van der Waals surface area contributed by atoms with Crippen molar-refractivity contribution in [2.45, 2.75) is 6.92 Å². The zero-order chi connectivity index (χ0) is 13.7. The Balaban J connectivity index is 1.98. The molecule has 4 aromatic rings. The van der Waals surface area contributed by atoms with Crippen LogP contribution >= 0.6 is 0 Å². The van der Waals surface area contributed by atoms with E-state index in [1.54, 1.807) is 13.1 Å². The summed E-state index contributed by atoms with van der Waals surface area (Å²) in [5.74, 6) is 0.998. The van der Waals surface area contributed by atoms with Crippen LogP contribution in [0.3, 0.4) is 0 Å². The van der Waals surface area contributed by atoms with Gasteiger partial charge in [0.2, 0.25) is 5.78 Å². The Morgan fingerprint density at radius 2 is 2.15 bits per heavy atom. The van der Waals surface area contributed by atoms with E-state index < -0.39 is 0 Å². The summed E-state index contributed by atoms with van der Waals surface area (Å²) in [6.45, 7) is 1.75. The summed E-state index contributed by atoms with van der Waals surface area (Å²) in [6, 6.07) is 7.33. The van der Waals surface area contributed by atoms with Crippen molar-refractivity contribution in [2.75, 3.05) is 0 Å². The molecule has 0 aliphatic carbocycles. The van der Waals surface area contributed by atoms with Crippen LogP contribution in [-0.4, -0.2) is 29.8 Å². The molecule has 2 N–H and O–H groups in total. The summed E-state index contributed by atoms with van der Waals surface area (Å²) in [5, 5.41) is 11.9. The molecule has 0 aliphatic rings. The molecular weight excluding hydrogens is 256 g/mol. The second kappa shape index (κ2) is 3.77. The fourth-order valence-corrected chi connectivity index (χ4v) is 2.26. The molecule has 0 atom stereocenters. The van der Waals surface area contributed by atoms with E-state index in [4.69, 9.17) is 0 Å². The fraction of sp³-hybridized carbons (Fsp3) is 0.0769. The molecule has 3 heterocycles. The molecule has 20 heavy (non-hydrogen) atoms. The lowest BCUT2D eigenvalue weighted by Crippen LogP contribution is -2.14. The Morgan fingerprint density at radius 1 is 1.25 bits per heavy atom. The number of aromatic nitrogens is 6. The van der Waals surface area contributed by atoms with Crippen LogP contribution in [0.25, 0.3) is 27.9 Å². The van der Waals surface area contributed by atoms with Crippen molar-refractivity contribution < 1.29 is 0 Å². The topological polar surface area (TPSA) is 91.7 Å². The van der Waals surface area contributed by atoms with E-state index in [-0.39, 0.29) is 5.56 Å². The molecule has 0 aliphatic heterocycles. The number of aromatic amines is 2. The second-order valence-corrected chi connectivity index (χ2v) is 4.59. The standard InChI is InChI=1S/C13H10N6O/c1-7-15-13-16-11(5-12(20)19(13)18-7)8-2-3-10-9(4-8)6-14-17-10/h2-6H,1H3,(H,14,17)(H,15,16,18). The van der Waals surface area contributed by atoms with Gasteiger partial charge in [0.15, 0.2) is 0 Å². The van der Waals surface area contributed by atoms with Gasteiger partial charge in [0.1, 0.15) is 5.82 Å². The molecule has 98 valence electrons. The van der Waals surface area contributed by atoms with Crippen LogP contribution in [0, 0.1) is 6.92 Å². The van der Waals surface area contributed by atoms with Crippen molar-refractivity contribution in [3.63, 3.8) is 0 Å². The van der Waals surface area contributed by atoms with E-state index in [1.807, 2.05) is 18.2 Å². The SMILES string of the molecule is Cc1nc2[nH]c(-c3ccc4[nH]ncc4c3)cc(=O)n2n1. The lowest BCUT2D eigenvalue weighted by Gasteiger charge is -2.02. The van der Waals surface area contributed by atoms with E-state index in [0.29, 0.717) is 17.3 Å². The molecule has 7 heteroatoms. The van der Waals surface area contributed by atoms with Crippen LogP contribution < -0.4 is 5.56 Å². The maximum atomic E-state index is 12.0. The highest BCUT2D eigenvalue weighted by atomic mass is 16.1. The minimum absolute atomic E-state index is 0.207. The molecule has 0 unspecified atom stereocenters. The van der Waals surface area contributed by atoms with Gasteiger partial charge in [0.25, 0.3) is 5.56 Å². The van der Waals surface area contributed by atoms with Gasteiger partial charge in [-0.25, -0.2) is 0 Å². The number of nitrogens with zero attached hydrogens (tertiary/aromatic N) is 4. The summed E-state index contributed by atoms with van der Waals surface area (Å²) in [5.41, 5.74) is 2.36. The van der Waals surface area contributed by atoms with Crippen LogP contribution in [0.15, 0.2) is 35.3 Å². The summed E-state index contributed by atoms with van der Waals surface area (Å²) in [6.07, 6.45) is 1.75. The zero-order valence-electron chi connectivity index (χ0n) is 10.6. The Morgan fingerprint density at radius 3 is 3.05 bits per heavy atom. The summed E-state index contributed by atoms with van der Waals surface area (Å²) in [7, 11) is 0. The molecule has 0 radical (unpaired) electrons. The first-order valence-corrected chi connectivity index (χ1v) is 6.11. The van der Waals surface area contributed by atoms with Crippen molar-refractivity contribution in [2.24, 2.45) is 0 Å². The van der Waals surface area contributed by atoms with Crippen LogP contribution in [0.4, 0.5) is 0 Å². The Bertz CT molecular complexity index is 993. The minimum Gasteiger partial charge on any atom is -0.323 e. The molecule has 0 spiro atoms. The monoisotopic (exact) mass is 266 g/mol. The van der Waals surface area contributed by atoms with Crippen molar-refractivity contribution in [3.05, 3.63) is 46.6 Å². The van der Waals surface area contributed by atoms with Crippen LogP contribution in [0.1, 0.15) is 5.82 Å². The van der Waals surface area contributed by atoms with Gasteiger partial charge in [-0.1, -0.05) is 6.07 Å². The van der Waals surface area contributed by atoms with E-state index in [9.17, 15) is 4.79 Å². The van der Waals surface area contributed by atoms with Gasteiger partial charge in [0.05, 0.1) is 17.4 Å². The van der Waals surface area contributed by atoms with Gasteiger partial charge < -0.3 is 4.98 Å². The molecule has 0 fully saturated rings. The zero-order valence-corrected chi connectivity index (χ0v) is 10.6. The van der Waals surface area contributed by atoms with Crippen molar-refractivity contribution in [3.8, 4) is 11.3 Å². The molecule has 4 rings (SSSR count). The first-order valence-electron chi connectivity index (χ1n) is 6.11. The van der Waals surface area contributed by atoms with Crippen molar-refractivity contribution >= 4 is 16.7 Å². The van der Waals surface area contributed by atoms with E-state index in [1.165, 1.54) is 10.6 Å². The highest BCUT2D eigenvalue weighted by Crippen LogP contribution is 2.21. The predicted octanol–water partition coefficient (Wildman–Crippen LogP) is 1.27. The van der Waals surface area contributed by atoms with Crippen LogP contribution in [-0.2, 0) is 0 Å². The van der Waals surface area contributed by atoms with Gasteiger partial charge in [-0.15, -0.1) is 5.10 Å². The maximum absolute atomic E-state index is 12.0. The van der Waals surface area contributed by atoms with Crippen molar-refractivity contribution in [1.82, 2.24) is 29.8 Å². The molecule has 1 aromatic carbocycles. The second-order valence-electron chi connectivity index (χ2n) is 4.59. The fourth-order valence-electron chi connectivity index (χ4n) is 2.26. The number of hydrogen-bond acceptors (Lipinski definition) is 4. The largest absolute Gasteiger partial charge is 0.323 e. The van der Waals surface area contributed by atoms with Gasteiger partial charge in [-0.2, -0.15) is 14.6 Å². The smallest absolute Gasteiger partial charge is 0.276 e. The Kier molecular flexibility index (Phi) is 2.06. The molecule has 7 nitrogen and oxygen atoms in total. The molecule has 3 aromatic heterocycles. The molecule has 0 bridgehead atoms. The number of benzene rings is 1. The maximum Gasteiger partial charge on any atom is 0.276 e. The molecule has 0 saturated carbocycles. The lowest BCUT2D eigenvalue weighted by atomic mass is 10.1. The van der Waals surface area contributed by atoms with Gasteiger partial charge in [0, 0.05) is 11.5 Å². The molecular formula is C13H10N6O. The third-order valence-electron chi connectivity index (χ3n) is 3.19. The summed E-state index contributed by atoms with van der Waals surface area (Å²) in [4.78, 5) is 19.3. The average Bonchev–Trinajstić information content (AvgIpc) is 3.03. The summed E-state index contributed by atoms with van der Waals surface area (Å²) >= 11 is 0. The first kappa shape index (κ1) is 10.9. The third-order valence-corrected chi connectivity index (χ3v) is 3.19. The van der Waals surface area contributed by atoms with Crippen molar-refractivity contribution in [1.29, 1.82) is 0 Å². The van der Waals surface area contributed by atoms with E-state index >= 15 is 0 Å². The lowest BCUT2D eigenvalue weighted by molar-refractivity contribution is 0.882. The number of hydrogen-bond donors (Lipinski definition) is 2. The third kappa shape index (κ3) is 1.53. The van der Waals surface area contributed by atoms with Gasteiger partial charge in [-0.3, -0.25) is 9.89 Å². The van der Waals surface area contributed by atoms with E-state index in [0.717, 1.165) is 16.5 Å². The highest BCUT2D eigenvalue weighted by molar-refractivity contribution is 5.83. The van der Waals surface area contributed by atoms with Crippen LogP contribution in [0.5, 0.6) is 0 Å². The Labute approximate surface area is 112 Å². The number of rotatable bonds is 1. The minimum atomic E-state index is -0.207. The van der Waals surface area contributed by atoms with Crippen LogP contribution in [0.2, 0.25) is 0 Å². The predicted molar refractivity (Wildman–Crippen MR) is 73.4 cm³/mol. The molecule has 0 saturated heterocycles. The number of H-pyrrole nitrogens is 2. The molecule has 0 amide bonds. The normalized spacial score (nSPS) is 11.4.